The topological polar surface area (TPSA) is 64.8 Å². The van der Waals surface area contributed by atoms with Gasteiger partial charge in [0.2, 0.25) is 6.10 Å². The molecule has 1 aromatic heterocycles. The molecule has 0 saturated heterocycles. The average molecular weight is 375 g/mol. The van der Waals surface area contributed by atoms with Gasteiger partial charge in [-0.05, 0) is 44.2 Å². The van der Waals surface area contributed by atoms with E-state index in [4.69, 9.17) is 9.47 Å². The lowest BCUT2D eigenvalue weighted by Gasteiger charge is -2.24. The van der Waals surface area contributed by atoms with E-state index in [1.807, 2.05) is 56.3 Å². The van der Waals surface area contributed by atoms with Crippen molar-refractivity contribution in [2.45, 2.75) is 20.0 Å². The second kappa shape index (κ2) is 7.60. The molecule has 1 N–H and O–H groups in total. The maximum absolute atomic E-state index is 12.3. The van der Waals surface area contributed by atoms with Crippen LogP contribution in [0.1, 0.15) is 17.0 Å². The Morgan fingerprint density at radius 3 is 2.61 bits per heavy atom. The zero-order chi connectivity index (χ0) is 19.5. The smallest absolute Gasteiger partial charge is 0.284 e. The number of hydrazone groups is 1. The lowest BCUT2D eigenvalue weighted by atomic mass is 10.2. The van der Waals surface area contributed by atoms with E-state index < -0.39 is 6.10 Å². The second-order valence-electron chi connectivity index (χ2n) is 6.60. The molecule has 6 heteroatoms. The predicted molar refractivity (Wildman–Crippen MR) is 107 cm³/mol. The number of nitrogens with one attached hydrogen (secondary N) is 1. The Morgan fingerprint density at radius 2 is 1.82 bits per heavy atom. The Morgan fingerprint density at radius 1 is 1.11 bits per heavy atom. The third kappa shape index (κ3) is 3.49. The fourth-order valence-corrected chi connectivity index (χ4v) is 3.28. The highest BCUT2D eigenvalue weighted by atomic mass is 16.6. The van der Waals surface area contributed by atoms with Crippen molar-refractivity contribution in [1.82, 2.24) is 9.99 Å². The minimum Gasteiger partial charge on any atom is -0.485 e. The molecular weight excluding hydrogens is 354 g/mol. The molecule has 0 fully saturated rings. The Labute approximate surface area is 163 Å². The van der Waals surface area contributed by atoms with E-state index in [-0.39, 0.29) is 12.5 Å². The van der Waals surface area contributed by atoms with Crippen LogP contribution in [-0.4, -0.2) is 29.4 Å². The number of carbonyl (C=O) groups is 1. The molecule has 3 aromatic rings. The Bertz CT molecular complexity index is 1020. The molecule has 142 valence electrons. The van der Waals surface area contributed by atoms with Crippen molar-refractivity contribution >= 4 is 12.1 Å². The number of aryl methyl sites for hydroxylation is 1. The minimum absolute atomic E-state index is 0.154. The monoisotopic (exact) mass is 375 g/mol. The number of amides is 1. The first kappa shape index (κ1) is 17.9. The largest absolute Gasteiger partial charge is 0.485 e. The van der Waals surface area contributed by atoms with E-state index in [0.717, 1.165) is 22.6 Å². The molecule has 1 aliphatic heterocycles. The van der Waals surface area contributed by atoms with Crippen molar-refractivity contribution in [3.8, 4) is 17.2 Å². The fourth-order valence-electron chi connectivity index (χ4n) is 3.28. The molecule has 1 amide bonds. The summed E-state index contributed by atoms with van der Waals surface area (Å²) in [6.45, 7) is 4.22. The summed E-state index contributed by atoms with van der Waals surface area (Å²) in [7, 11) is 0. The fraction of sp³-hybridized carbons (Fsp3) is 0.182. The van der Waals surface area contributed by atoms with Crippen molar-refractivity contribution in [2.75, 3.05) is 6.61 Å². The summed E-state index contributed by atoms with van der Waals surface area (Å²) in [6.07, 6.45) is 0.918. The molecule has 4 rings (SSSR count). The number of fused-ring (bicyclic) bond motifs is 1. The number of aromatic nitrogens is 1. The van der Waals surface area contributed by atoms with Gasteiger partial charge in [-0.3, -0.25) is 4.79 Å². The van der Waals surface area contributed by atoms with E-state index in [1.165, 1.54) is 0 Å². The van der Waals surface area contributed by atoms with Crippen LogP contribution in [0.5, 0.6) is 11.5 Å². The molecule has 0 aliphatic carbocycles. The lowest BCUT2D eigenvalue weighted by molar-refractivity contribution is -0.130. The van der Waals surface area contributed by atoms with Crippen LogP contribution in [0.15, 0.2) is 65.8 Å². The molecule has 0 spiro atoms. The predicted octanol–water partition coefficient (Wildman–Crippen LogP) is 3.38. The van der Waals surface area contributed by atoms with Gasteiger partial charge in [-0.25, -0.2) is 5.43 Å². The summed E-state index contributed by atoms with van der Waals surface area (Å²) in [5.74, 6) is 0.857. The third-order valence-electron chi connectivity index (χ3n) is 4.66. The lowest BCUT2D eigenvalue weighted by Crippen LogP contribution is -2.42. The van der Waals surface area contributed by atoms with Crippen LogP contribution in [0.25, 0.3) is 5.69 Å². The van der Waals surface area contributed by atoms with Crippen molar-refractivity contribution in [3.05, 3.63) is 77.6 Å². The van der Waals surface area contributed by atoms with E-state index in [0.29, 0.717) is 11.5 Å². The maximum Gasteiger partial charge on any atom is 0.284 e. The van der Waals surface area contributed by atoms with Crippen LogP contribution in [0.3, 0.4) is 0 Å². The number of rotatable bonds is 4. The van der Waals surface area contributed by atoms with Gasteiger partial charge in [-0.2, -0.15) is 5.10 Å². The van der Waals surface area contributed by atoms with Gasteiger partial charge < -0.3 is 14.0 Å². The molecule has 0 unspecified atom stereocenters. The van der Waals surface area contributed by atoms with E-state index in [9.17, 15) is 4.79 Å². The van der Waals surface area contributed by atoms with Crippen LogP contribution >= 0.6 is 0 Å². The Hall–Kier alpha value is -3.54. The highest BCUT2D eigenvalue weighted by molar-refractivity contribution is 5.86. The van der Waals surface area contributed by atoms with Gasteiger partial charge in [0.25, 0.3) is 5.91 Å². The number of carbonyl (C=O) groups excluding carboxylic acids is 1. The summed E-state index contributed by atoms with van der Waals surface area (Å²) in [6, 6.07) is 19.4. The highest BCUT2D eigenvalue weighted by Crippen LogP contribution is 2.30. The van der Waals surface area contributed by atoms with Crippen molar-refractivity contribution in [3.63, 3.8) is 0 Å². The number of ether oxygens (including phenoxy) is 2. The summed E-state index contributed by atoms with van der Waals surface area (Å²) >= 11 is 0. The van der Waals surface area contributed by atoms with Crippen LogP contribution in [0.2, 0.25) is 0 Å². The van der Waals surface area contributed by atoms with Gasteiger partial charge in [0.05, 0.1) is 6.21 Å². The van der Waals surface area contributed by atoms with Gasteiger partial charge in [0, 0.05) is 22.6 Å². The summed E-state index contributed by atoms with van der Waals surface area (Å²) in [5.41, 5.74) is 6.72. The Kier molecular flexibility index (Phi) is 4.85. The normalized spacial score (nSPS) is 15.6. The van der Waals surface area contributed by atoms with Crippen molar-refractivity contribution in [1.29, 1.82) is 0 Å². The van der Waals surface area contributed by atoms with Gasteiger partial charge in [-0.15, -0.1) is 0 Å². The molecule has 0 radical (unpaired) electrons. The zero-order valence-corrected chi connectivity index (χ0v) is 15.8. The number of hydrogen-bond acceptors (Lipinski definition) is 4. The summed E-state index contributed by atoms with van der Waals surface area (Å²) < 4.78 is 13.4. The molecule has 0 saturated carbocycles. The maximum atomic E-state index is 12.3. The van der Waals surface area contributed by atoms with E-state index in [2.05, 4.69) is 27.2 Å². The zero-order valence-electron chi connectivity index (χ0n) is 15.8. The first-order valence-corrected chi connectivity index (χ1v) is 9.09. The summed E-state index contributed by atoms with van der Waals surface area (Å²) in [4.78, 5) is 12.3. The number of nitrogens with zero attached hydrogens (tertiary/aromatic N) is 2. The molecule has 0 bridgehead atoms. The SMILES string of the molecule is Cc1cc(/C=N\NC(=O)[C@@H]2COc3ccccc3O2)c(C)n1-c1ccccc1. The van der Waals surface area contributed by atoms with Gasteiger partial charge >= 0.3 is 0 Å². The average Bonchev–Trinajstić information content (AvgIpc) is 3.01. The molecule has 2 heterocycles. The van der Waals surface area contributed by atoms with Crippen molar-refractivity contribution < 1.29 is 14.3 Å². The molecule has 1 atom stereocenters. The molecule has 6 nitrogen and oxygen atoms in total. The number of hydrogen-bond donors (Lipinski definition) is 1. The third-order valence-corrected chi connectivity index (χ3v) is 4.66. The first-order chi connectivity index (χ1) is 13.6. The molecule has 2 aromatic carbocycles. The van der Waals surface area contributed by atoms with Crippen LogP contribution in [0.4, 0.5) is 0 Å². The molecule has 1 aliphatic rings. The molecule has 28 heavy (non-hydrogen) atoms. The van der Waals surface area contributed by atoms with Crippen LogP contribution < -0.4 is 14.9 Å². The molecular formula is C22H21N3O3. The standard InChI is InChI=1S/C22H21N3O3/c1-15-12-17(16(2)25(15)18-8-4-3-5-9-18)13-23-24-22(26)21-14-27-19-10-6-7-11-20(19)28-21/h3-13,21H,14H2,1-2H3,(H,24,26)/b23-13-/t21-/m0/s1. The minimum atomic E-state index is -0.733. The van der Waals surface area contributed by atoms with Gasteiger partial charge in [0.15, 0.2) is 11.5 Å². The van der Waals surface area contributed by atoms with E-state index in [1.54, 1.807) is 12.3 Å². The van der Waals surface area contributed by atoms with Crippen molar-refractivity contribution in [2.24, 2.45) is 5.10 Å². The van der Waals surface area contributed by atoms with Gasteiger partial charge in [-0.1, -0.05) is 30.3 Å². The number of para-hydroxylation sites is 3. The Balaban J connectivity index is 1.44. The van der Waals surface area contributed by atoms with E-state index >= 15 is 0 Å². The quantitative estimate of drug-likeness (QED) is 0.562. The van der Waals surface area contributed by atoms with Crippen LogP contribution in [-0.2, 0) is 4.79 Å². The highest BCUT2D eigenvalue weighted by Gasteiger charge is 2.27. The summed E-state index contributed by atoms with van der Waals surface area (Å²) in [5, 5.41) is 4.11. The number of benzene rings is 2. The first-order valence-electron chi connectivity index (χ1n) is 9.09. The second-order valence-corrected chi connectivity index (χ2v) is 6.60. The van der Waals surface area contributed by atoms with Crippen LogP contribution in [0, 0.1) is 13.8 Å². The van der Waals surface area contributed by atoms with Gasteiger partial charge in [0.1, 0.15) is 6.61 Å².